The Kier molecular flexibility index (Phi) is 4.58. The molecule has 0 amide bonds. The minimum absolute atomic E-state index is 0.0459. The van der Waals surface area contributed by atoms with Crippen LogP contribution in [0.25, 0.3) is 0 Å². The number of alkyl halides is 1. The minimum Gasteiger partial charge on any atom is -0.281 e. The average Bonchev–Trinajstić information content (AvgIpc) is 2.81. The van der Waals surface area contributed by atoms with Crippen LogP contribution in [0.2, 0.25) is 0 Å². The maximum atomic E-state index is 12.9. The van der Waals surface area contributed by atoms with Crippen LogP contribution >= 0.6 is 11.6 Å². The normalized spacial score (nSPS) is 11.6. The fraction of sp³-hybridized carbons (Fsp3) is 0.357. The van der Waals surface area contributed by atoms with Crippen molar-refractivity contribution >= 4 is 27.3 Å². The van der Waals surface area contributed by atoms with Crippen molar-refractivity contribution in [2.75, 3.05) is 10.8 Å². The summed E-state index contributed by atoms with van der Waals surface area (Å²) in [6, 6.07) is 7.39. The number of nitrogens with one attached hydrogen (secondary N) is 1. The van der Waals surface area contributed by atoms with Crippen LogP contribution < -0.4 is 4.31 Å². The molecule has 21 heavy (non-hydrogen) atoms. The molecular formula is C14H18ClN3O2S. The van der Waals surface area contributed by atoms with Gasteiger partial charge in [0.25, 0.3) is 10.0 Å². The standard InChI is InChI=1S/C14H18ClN3O2S/c1-4-18(12-7-5-6-10(2)8-12)21(19,20)14-11(3)16-17-13(14)9-15/h5-8H,4,9H2,1-3H3,(H,16,17). The van der Waals surface area contributed by atoms with E-state index < -0.39 is 10.0 Å². The molecule has 0 aliphatic rings. The number of anilines is 1. The number of hydrogen-bond donors (Lipinski definition) is 1. The maximum Gasteiger partial charge on any atom is 0.268 e. The second-order valence-electron chi connectivity index (χ2n) is 4.77. The van der Waals surface area contributed by atoms with Crippen molar-refractivity contribution in [3.8, 4) is 0 Å². The largest absolute Gasteiger partial charge is 0.281 e. The molecule has 0 atom stereocenters. The van der Waals surface area contributed by atoms with Crippen molar-refractivity contribution in [2.24, 2.45) is 0 Å². The predicted molar refractivity (Wildman–Crippen MR) is 84.3 cm³/mol. The Labute approximate surface area is 130 Å². The van der Waals surface area contributed by atoms with E-state index in [4.69, 9.17) is 11.6 Å². The number of sulfonamides is 1. The number of aryl methyl sites for hydroxylation is 2. The van der Waals surface area contributed by atoms with Crippen LogP contribution in [-0.4, -0.2) is 25.2 Å². The highest BCUT2D eigenvalue weighted by atomic mass is 35.5. The van der Waals surface area contributed by atoms with Crippen LogP contribution in [0.15, 0.2) is 29.2 Å². The summed E-state index contributed by atoms with van der Waals surface area (Å²) < 4.78 is 27.3. The molecule has 0 spiro atoms. The lowest BCUT2D eigenvalue weighted by atomic mass is 10.2. The third kappa shape index (κ3) is 2.91. The van der Waals surface area contributed by atoms with E-state index in [-0.39, 0.29) is 10.8 Å². The zero-order valence-corrected chi connectivity index (χ0v) is 13.8. The van der Waals surface area contributed by atoms with Crippen LogP contribution in [0.4, 0.5) is 5.69 Å². The van der Waals surface area contributed by atoms with E-state index >= 15 is 0 Å². The smallest absolute Gasteiger partial charge is 0.268 e. The summed E-state index contributed by atoms with van der Waals surface area (Å²) in [7, 11) is -3.70. The molecular weight excluding hydrogens is 310 g/mol. The lowest BCUT2D eigenvalue weighted by Crippen LogP contribution is -2.31. The van der Waals surface area contributed by atoms with E-state index in [0.717, 1.165) is 5.56 Å². The molecule has 0 saturated carbocycles. The summed E-state index contributed by atoms with van der Waals surface area (Å²) in [4.78, 5) is 0.167. The summed E-state index contributed by atoms with van der Waals surface area (Å²) in [5.74, 6) is 0.0459. The molecule has 0 bridgehead atoms. The second-order valence-corrected chi connectivity index (χ2v) is 6.83. The number of halogens is 1. The Hall–Kier alpha value is -1.53. The highest BCUT2D eigenvalue weighted by Gasteiger charge is 2.30. The topological polar surface area (TPSA) is 66.1 Å². The van der Waals surface area contributed by atoms with Crippen LogP contribution in [0, 0.1) is 13.8 Å². The first-order valence-corrected chi connectivity index (χ1v) is 8.58. The second kappa shape index (κ2) is 6.07. The summed E-state index contributed by atoms with van der Waals surface area (Å²) in [5, 5.41) is 6.66. The first kappa shape index (κ1) is 15.9. The number of aromatic amines is 1. The van der Waals surface area contributed by atoms with Gasteiger partial charge in [0, 0.05) is 6.54 Å². The highest BCUT2D eigenvalue weighted by molar-refractivity contribution is 7.93. The fourth-order valence-electron chi connectivity index (χ4n) is 2.29. The van der Waals surface area contributed by atoms with Crippen LogP contribution in [0.3, 0.4) is 0 Å². The molecule has 1 heterocycles. The minimum atomic E-state index is -3.70. The van der Waals surface area contributed by atoms with Gasteiger partial charge in [-0.15, -0.1) is 11.6 Å². The SMILES string of the molecule is CCN(c1cccc(C)c1)S(=O)(=O)c1c(CCl)n[nH]c1C. The Balaban J connectivity index is 2.57. The molecule has 0 aliphatic heterocycles. The van der Waals surface area contributed by atoms with Gasteiger partial charge in [0.05, 0.1) is 23.0 Å². The lowest BCUT2D eigenvalue weighted by Gasteiger charge is -2.23. The Bertz CT molecular complexity index is 740. The molecule has 1 aromatic carbocycles. The summed E-state index contributed by atoms with van der Waals surface area (Å²) in [5.41, 5.74) is 2.48. The summed E-state index contributed by atoms with van der Waals surface area (Å²) in [6.45, 7) is 5.74. The highest BCUT2D eigenvalue weighted by Crippen LogP contribution is 2.28. The molecule has 0 fully saturated rings. The van der Waals surface area contributed by atoms with Crippen molar-refractivity contribution in [3.05, 3.63) is 41.2 Å². The zero-order chi connectivity index (χ0) is 15.6. The van der Waals surface area contributed by atoms with E-state index in [1.807, 2.05) is 25.1 Å². The lowest BCUT2D eigenvalue weighted by molar-refractivity contribution is 0.590. The molecule has 2 aromatic rings. The molecule has 0 radical (unpaired) electrons. The number of aromatic nitrogens is 2. The quantitative estimate of drug-likeness (QED) is 0.858. The molecule has 1 aromatic heterocycles. The van der Waals surface area contributed by atoms with Gasteiger partial charge in [-0.25, -0.2) is 8.42 Å². The van der Waals surface area contributed by atoms with E-state index in [0.29, 0.717) is 23.6 Å². The van der Waals surface area contributed by atoms with Gasteiger partial charge < -0.3 is 0 Å². The molecule has 7 heteroatoms. The summed E-state index contributed by atoms with van der Waals surface area (Å²) >= 11 is 5.81. The first-order chi connectivity index (χ1) is 9.91. The molecule has 5 nitrogen and oxygen atoms in total. The van der Waals surface area contributed by atoms with Crippen molar-refractivity contribution < 1.29 is 8.42 Å². The van der Waals surface area contributed by atoms with E-state index in [9.17, 15) is 8.42 Å². The van der Waals surface area contributed by atoms with Crippen LogP contribution in [-0.2, 0) is 15.9 Å². The number of rotatable bonds is 5. The number of hydrogen-bond acceptors (Lipinski definition) is 3. The van der Waals surface area contributed by atoms with E-state index in [1.165, 1.54) is 4.31 Å². The monoisotopic (exact) mass is 327 g/mol. The van der Waals surface area contributed by atoms with Crippen molar-refractivity contribution in [3.63, 3.8) is 0 Å². The predicted octanol–water partition coefficient (Wildman–Crippen LogP) is 2.98. The van der Waals surface area contributed by atoms with Gasteiger partial charge in [-0.1, -0.05) is 12.1 Å². The van der Waals surface area contributed by atoms with Crippen molar-refractivity contribution in [2.45, 2.75) is 31.5 Å². The Morgan fingerprint density at radius 3 is 2.62 bits per heavy atom. The van der Waals surface area contributed by atoms with Crippen LogP contribution in [0.1, 0.15) is 23.9 Å². The summed E-state index contributed by atoms with van der Waals surface area (Å²) in [6.07, 6.45) is 0. The van der Waals surface area contributed by atoms with Crippen LogP contribution in [0.5, 0.6) is 0 Å². The number of nitrogens with zero attached hydrogens (tertiary/aromatic N) is 2. The van der Waals surface area contributed by atoms with Gasteiger partial charge in [0.1, 0.15) is 4.90 Å². The third-order valence-electron chi connectivity index (χ3n) is 3.21. The molecule has 0 unspecified atom stereocenters. The van der Waals surface area contributed by atoms with E-state index in [2.05, 4.69) is 10.2 Å². The molecule has 2 rings (SSSR count). The van der Waals surface area contributed by atoms with Gasteiger partial charge in [0.2, 0.25) is 0 Å². The van der Waals surface area contributed by atoms with Gasteiger partial charge in [-0.05, 0) is 38.5 Å². The molecule has 114 valence electrons. The molecule has 0 aliphatic carbocycles. The van der Waals surface area contributed by atoms with Gasteiger partial charge in [-0.3, -0.25) is 9.40 Å². The number of benzene rings is 1. The average molecular weight is 328 g/mol. The molecule has 0 saturated heterocycles. The first-order valence-electron chi connectivity index (χ1n) is 6.61. The Morgan fingerprint density at radius 1 is 1.33 bits per heavy atom. The number of H-pyrrole nitrogens is 1. The Morgan fingerprint density at radius 2 is 2.05 bits per heavy atom. The molecule has 1 N–H and O–H groups in total. The van der Waals surface area contributed by atoms with E-state index in [1.54, 1.807) is 19.9 Å². The third-order valence-corrected chi connectivity index (χ3v) is 5.57. The zero-order valence-electron chi connectivity index (χ0n) is 12.2. The van der Waals surface area contributed by atoms with Gasteiger partial charge >= 0.3 is 0 Å². The van der Waals surface area contributed by atoms with Crippen molar-refractivity contribution in [1.29, 1.82) is 0 Å². The maximum absolute atomic E-state index is 12.9. The van der Waals surface area contributed by atoms with Gasteiger partial charge in [0.15, 0.2) is 0 Å². The fourth-order valence-corrected chi connectivity index (χ4v) is 4.36. The van der Waals surface area contributed by atoms with Crippen molar-refractivity contribution in [1.82, 2.24) is 10.2 Å². The van der Waals surface area contributed by atoms with Gasteiger partial charge in [-0.2, -0.15) is 5.10 Å².